The molecule has 0 aliphatic rings. The number of hydrogen-bond acceptors (Lipinski definition) is 2. The summed E-state index contributed by atoms with van der Waals surface area (Å²) in [4.78, 5) is 11.1. The second-order valence-corrected chi connectivity index (χ2v) is 2.78. The maximum absolute atomic E-state index is 11.1. The zero-order valence-corrected chi connectivity index (χ0v) is 7.76. The Labute approximate surface area is 68.9 Å². The van der Waals surface area contributed by atoms with Crippen LogP contribution in [-0.2, 0) is 9.53 Å². The van der Waals surface area contributed by atoms with Crippen molar-refractivity contribution >= 4 is 5.97 Å². The molecule has 0 bridgehead atoms. The summed E-state index contributed by atoms with van der Waals surface area (Å²) in [6.07, 6.45) is 2.65. The number of carbonyl (C=O) groups is 1. The summed E-state index contributed by atoms with van der Waals surface area (Å²) in [6, 6.07) is 0. The summed E-state index contributed by atoms with van der Waals surface area (Å²) in [7, 11) is 0. The molecule has 0 saturated carbocycles. The number of esters is 1. The zero-order valence-electron chi connectivity index (χ0n) is 7.76. The van der Waals surface area contributed by atoms with E-state index in [9.17, 15) is 4.79 Å². The number of carbonyl (C=O) groups excluding carboxylic acids is 1. The van der Waals surface area contributed by atoms with Gasteiger partial charge in [-0.25, -0.2) is 0 Å². The van der Waals surface area contributed by atoms with Gasteiger partial charge < -0.3 is 4.74 Å². The van der Waals surface area contributed by atoms with Crippen LogP contribution in [0.1, 0.15) is 34.1 Å². The quantitative estimate of drug-likeness (QED) is 0.585. The predicted molar refractivity (Wildman–Crippen MR) is 45.0 cm³/mol. The minimum Gasteiger partial charge on any atom is -0.462 e. The summed E-state index contributed by atoms with van der Waals surface area (Å²) in [5.74, 6) is -0.0736. The lowest BCUT2D eigenvalue weighted by molar-refractivity contribution is -0.151. The molecule has 0 amide bonds. The molecule has 1 radical (unpaired) electrons. The van der Waals surface area contributed by atoms with Crippen LogP contribution in [0.4, 0.5) is 0 Å². The first kappa shape index (κ1) is 10.5. The Bertz CT molecular complexity index is 121. The summed E-state index contributed by atoms with van der Waals surface area (Å²) < 4.78 is 5.06. The Morgan fingerprint density at radius 2 is 2.09 bits per heavy atom. The molecule has 0 aliphatic heterocycles. The molecular weight excluding hydrogens is 140 g/mol. The van der Waals surface area contributed by atoms with Gasteiger partial charge in [0.1, 0.15) is 6.10 Å². The van der Waals surface area contributed by atoms with Gasteiger partial charge in [0.2, 0.25) is 0 Å². The van der Waals surface area contributed by atoms with Crippen LogP contribution in [0.15, 0.2) is 0 Å². The number of hydrogen-bond donors (Lipinski definition) is 0. The van der Waals surface area contributed by atoms with E-state index in [1.54, 1.807) is 0 Å². The van der Waals surface area contributed by atoms with Crippen LogP contribution in [-0.4, -0.2) is 12.1 Å². The van der Waals surface area contributed by atoms with Gasteiger partial charge in [0, 0.05) is 0 Å². The molecule has 0 fully saturated rings. The van der Waals surface area contributed by atoms with Crippen molar-refractivity contribution in [2.45, 2.75) is 40.2 Å². The topological polar surface area (TPSA) is 26.3 Å². The zero-order chi connectivity index (χ0) is 8.85. The van der Waals surface area contributed by atoms with Crippen molar-refractivity contribution in [2.24, 2.45) is 5.92 Å². The molecule has 2 atom stereocenters. The second-order valence-electron chi connectivity index (χ2n) is 2.78. The highest BCUT2D eigenvalue weighted by atomic mass is 16.5. The summed E-state index contributed by atoms with van der Waals surface area (Å²) in [5, 5.41) is 0. The Morgan fingerprint density at radius 3 is 2.45 bits per heavy atom. The van der Waals surface area contributed by atoms with Gasteiger partial charge in [0.15, 0.2) is 0 Å². The van der Waals surface area contributed by atoms with E-state index in [-0.39, 0.29) is 18.0 Å². The second kappa shape index (κ2) is 5.16. The van der Waals surface area contributed by atoms with E-state index in [2.05, 4.69) is 0 Å². The Kier molecular flexibility index (Phi) is 4.92. The molecule has 0 spiro atoms. The van der Waals surface area contributed by atoms with E-state index in [4.69, 9.17) is 4.74 Å². The van der Waals surface area contributed by atoms with Gasteiger partial charge in [0.25, 0.3) is 0 Å². The van der Waals surface area contributed by atoms with Gasteiger partial charge in [0.05, 0.1) is 5.92 Å². The maximum Gasteiger partial charge on any atom is 0.308 e. The summed E-state index contributed by atoms with van der Waals surface area (Å²) >= 11 is 0. The van der Waals surface area contributed by atoms with E-state index in [0.717, 1.165) is 6.42 Å². The Hall–Kier alpha value is -0.530. The average Bonchev–Trinajstić information content (AvgIpc) is 2.02. The molecule has 0 aromatic carbocycles. The predicted octanol–water partition coefficient (Wildman–Crippen LogP) is 2.19. The molecule has 0 heterocycles. The van der Waals surface area contributed by atoms with E-state index >= 15 is 0 Å². The molecule has 0 aromatic rings. The minimum atomic E-state index is -0.0990. The SMILES string of the molecule is C[CH][C@H](C)OC(=O)[C@@H](C)CC. The van der Waals surface area contributed by atoms with Gasteiger partial charge in [-0.05, 0) is 19.8 Å². The van der Waals surface area contributed by atoms with Crippen molar-refractivity contribution in [1.82, 2.24) is 0 Å². The lowest BCUT2D eigenvalue weighted by Crippen LogP contribution is -2.19. The van der Waals surface area contributed by atoms with Crippen LogP contribution >= 0.6 is 0 Å². The van der Waals surface area contributed by atoms with Crippen LogP contribution in [0.25, 0.3) is 0 Å². The molecule has 0 unspecified atom stereocenters. The third kappa shape index (κ3) is 4.02. The first-order chi connectivity index (χ1) is 5.11. The lowest BCUT2D eigenvalue weighted by atomic mass is 10.1. The first-order valence-corrected chi connectivity index (χ1v) is 4.11. The van der Waals surface area contributed by atoms with E-state index in [1.165, 1.54) is 0 Å². The van der Waals surface area contributed by atoms with Gasteiger partial charge in [-0.15, -0.1) is 0 Å². The van der Waals surface area contributed by atoms with E-state index < -0.39 is 0 Å². The molecule has 65 valence electrons. The van der Waals surface area contributed by atoms with Gasteiger partial charge in [-0.1, -0.05) is 20.8 Å². The third-order valence-electron chi connectivity index (χ3n) is 1.79. The van der Waals surface area contributed by atoms with Crippen LogP contribution < -0.4 is 0 Å². The van der Waals surface area contributed by atoms with Crippen molar-refractivity contribution in [3.05, 3.63) is 6.42 Å². The van der Waals surface area contributed by atoms with Gasteiger partial charge in [-0.2, -0.15) is 0 Å². The van der Waals surface area contributed by atoms with E-state index in [0.29, 0.717) is 0 Å². The molecule has 2 heteroatoms. The summed E-state index contributed by atoms with van der Waals surface area (Å²) in [5.41, 5.74) is 0. The summed E-state index contributed by atoms with van der Waals surface area (Å²) in [6.45, 7) is 7.60. The lowest BCUT2D eigenvalue weighted by Gasteiger charge is -2.13. The highest BCUT2D eigenvalue weighted by Gasteiger charge is 2.13. The van der Waals surface area contributed by atoms with Crippen molar-refractivity contribution in [1.29, 1.82) is 0 Å². The van der Waals surface area contributed by atoms with Crippen LogP contribution in [0.5, 0.6) is 0 Å². The van der Waals surface area contributed by atoms with Gasteiger partial charge >= 0.3 is 5.97 Å². The standard InChI is InChI=1S/C9H17O2/c1-5-7(3)9(10)11-8(4)6-2/h6-8H,5H2,1-4H3/t7-,8-/m0/s1. The fourth-order valence-corrected chi connectivity index (χ4v) is 0.534. The fourth-order valence-electron chi connectivity index (χ4n) is 0.534. The van der Waals surface area contributed by atoms with E-state index in [1.807, 2.05) is 34.1 Å². The smallest absolute Gasteiger partial charge is 0.308 e. The molecule has 0 aromatic heterocycles. The molecule has 2 nitrogen and oxygen atoms in total. The monoisotopic (exact) mass is 157 g/mol. The average molecular weight is 157 g/mol. The normalized spacial score (nSPS) is 15.6. The highest BCUT2D eigenvalue weighted by molar-refractivity contribution is 5.72. The Morgan fingerprint density at radius 1 is 1.55 bits per heavy atom. The van der Waals surface area contributed by atoms with Crippen LogP contribution in [0.2, 0.25) is 0 Å². The fraction of sp³-hybridized carbons (Fsp3) is 0.778. The molecule has 0 aliphatic carbocycles. The Balaban J connectivity index is 3.68. The minimum absolute atomic E-state index is 0.0254. The van der Waals surface area contributed by atoms with Gasteiger partial charge in [-0.3, -0.25) is 4.79 Å². The number of ether oxygens (including phenoxy) is 1. The van der Waals surface area contributed by atoms with Crippen molar-refractivity contribution < 1.29 is 9.53 Å². The largest absolute Gasteiger partial charge is 0.462 e. The molecule has 11 heavy (non-hydrogen) atoms. The molecule has 0 saturated heterocycles. The van der Waals surface area contributed by atoms with Crippen LogP contribution in [0.3, 0.4) is 0 Å². The van der Waals surface area contributed by atoms with Crippen molar-refractivity contribution in [3.63, 3.8) is 0 Å². The highest BCUT2D eigenvalue weighted by Crippen LogP contribution is 2.06. The molecular formula is C9H17O2. The van der Waals surface area contributed by atoms with Crippen molar-refractivity contribution in [2.75, 3.05) is 0 Å². The third-order valence-corrected chi connectivity index (χ3v) is 1.79. The maximum atomic E-state index is 11.1. The number of rotatable bonds is 4. The first-order valence-electron chi connectivity index (χ1n) is 4.11. The van der Waals surface area contributed by atoms with Crippen molar-refractivity contribution in [3.8, 4) is 0 Å². The van der Waals surface area contributed by atoms with Crippen LogP contribution in [0, 0.1) is 12.3 Å². The molecule has 0 N–H and O–H groups in total. The molecule has 0 rings (SSSR count).